The van der Waals surface area contributed by atoms with E-state index in [0.717, 1.165) is 17.4 Å². The summed E-state index contributed by atoms with van der Waals surface area (Å²) in [5.74, 6) is -0.521. The van der Waals surface area contributed by atoms with Crippen molar-refractivity contribution >= 4 is 27.3 Å². The van der Waals surface area contributed by atoms with Crippen LogP contribution < -0.4 is 19.7 Å². The quantitative estimate of drug-likeness (QED) is 0.486. The van der Waals surface area contributed by atoms with Gasteiger partial charge in [-0.3, -0.25) is 10.2 Å². The van der Waals surface area contributed by atoms with Gasteiger partial charge in [0.25, 0.3) is 15.9 Å². The molecule has 0 atom stereocenters. The Morgan fingerprint density at radius 1 is 1.16 bits per heavy atom. The lowest BCUT2D eigenvalue weighted by atomic mass is 10.3. The number of nitrogens with zero attached hydrogens (tertiary/aromatic N) is 3. The maximum atomic E-state index is 13.2. The molecule has 10 nitrogen and oxygen atoms in total. The van der Waals surface area contributed by atoms with Gasteiger partial charge >= 0.3 is 6.18 Å². The van der Waals surface area contributed by atoms with Crippen LogP contribution in [-0.4, -0.2) is 43.3 Å². The summed E-state index contributed by atoms with van der Waals surface area (Å²) in [7, 11) is -1.49. The van der Waals surface area contributed by atoms with Crippen LogP contribution in [-0.2, 0) is 16.2 Å². The molecular formula is C17H16F3N5O5S2. The van der Waals surface area contributed by atoms with Gasteiger partial charge in [0.1, 0.15) is 5.69 Å². The van der Waals surface area contributed by atoms with Gasteiger partial charge in [0.15, 0.2) is 17.2 Å². The number of methoxy groups -OCH3 is 2. The van der Waals surface area contributed by atoms with Crippen LogP contribution in [0.3, 0.4) is 0 Å². The van der Waals surface area contributed by atoms with Crippen LogP contribution >= 0.6 is 11.3 Å². The predicted octanol–water partition coefficient (Wildman–Crippen LogP) is 2.30. The van der Waals surface area contributed by atoms with Crippen molar-refractivity contribution in [3.8, 4) is 16.6 Å². The van der Waals surface area contributed by atoms with Crippen molar-refractivity contribution in [1.29, 1.82) is 0 Å². The molecule has 0 aliphatic rings. The second-order valence-corrected chi connectivity index (χ2v) is 8.69. The molecule has 1 aromatic carbocycles. The first-order valence-electron chi connectivity index (χ1n) is 8.60. The van der Waals surface area contributed by atoms with Gasteiger partial charge in [-0.2, -0.15) is 18.3 Å². The molecule has 2 N–H and O–H groups in total. The first kappa shape index (κ1) is 23.5. The number of benzene rings is 1. The van der Waals surface area contributed by atoms with Gasteiger partial charge in [0.2, 0.25) is 5.13 Å². The fourth-order valence-electron chi connectivity index (χ4n) is 2.53. The number of ether oxygens (including phenoxy) is 2. The molecule has 0 saturated heterocycles. The summed E-state index contributed by atoms with van der Waals surface area (Å²) in [5, 5.41) is 4.72. The molecule has 32 heavy (non-hydrogen) atoms. The lowest BCUT2D eigenvalue weighted by molar-refractivity contribution is -0.142. The van der Waals surface area contributed by atoms with Crippen LogP contribution in [0.4, 0.5) is 13.2 Å². The Hall–Kier alpha value is -3.17. The van der Waals surface area contributed by atoms with Gasteiger partial charge in [0.05, 0.1) is 24.8 Å². The first-order valence-corrected chi connectivity index (χ1v) is 11.0. The first-order chi connectivity index (χ1) is 15.0. The summed E-state index contributed by atoms with van der Waals surface area (Å²) in [5.41, 5.74) is 0.719. The number of sulfonamides is 1. The Morgan fingerprint density at radius 2 is 1.84 bits per heavy atom. The molecule has 2 heterocycles. The Kier molecular flexibility index (Phi) is 6.43. The second kappa shape index (κ2) is 8.76. The van der Waals surface area contributed by atoms with Crippen LogP contribution in [0.2, 0.25) is 0 Å². The van der Waals surface area contributed by atoms with E-state index in [1.54, 1.807) is 0 Å². The Bertz CT molecular complexity index is 1250. The maximum Gasteiger partial charge on any atom is 0.433 e. The molecule has 0 aliphatic carbocycles. The fourth-order valence-corrected chi connectivity index (χ4v) is 4.15. The third kappa shape index (κ3) is 4.84. The number of hydrogen-bond acceptors (Lipinski definition) is 8. The van der Waals surface area contributed by atoms with E-state index < -0.39 is 27.8 Å². The van der Waals surface area contributed by atoms with Crippen LogP contribution in [0.15, 0.2) is 34.5 Å². The Labute approximate surface area is 184 Å². The number of nitrogens with one attached hydrogen (secondary N) is 2. The van der Waals surface area contributed by atoms with E-state index in [4.69, 9.17) is 9.47 Å². The molecule has 3 rings (SSSR count). The number of aryl methyl sites for hydroxylation is 1. The maximum absolute atomic E-state index is 13.2. The highest BCUT2D eigenvalue weighted by Gasteiger charge is 2.36. The van der Waals surface area contributed by atoms with E-state index >= 15 is 0 Å². The highest BCUT2D eigenvalue weighted by Crippen LogP contribution is 2.32. The third-order valence-corrected chi connectivity index (χ3v) is 6.05. The van der Waals surface area contributed by atoms with E-state index in [1.807, 2.05) is 10.3 Å². The third-order valence-electron chi connectivity index (χ3n) is 3.99. The van der Waals surface area contributed by atoms with Gasteiger partial charge in [-0.05, 0) is 25.1 Å². The van der Waals surface area contributed by atoms with Gasteiger partial charge < -0.3 is 9.47 Å². The van der Waals surface area contributed by atoms with Crippen molar-refractivity contribution in [2.24, 2.45) is 0 Å². The van der Waals surface area contributed by atoms with E-state index in [-0.39, 0.29) is 27.2 Å². The molecule has 0 fully saturated rings. The molecule has 3 aromatic rings. The average molecular weight is 491 g/mol. The summed E-state index contributed by atoms with van der Waals surface area (Å²) >= 11 is 0.734. The molecule has 0 radical (unpaired) electrons. The molecule has 0 unspecified atom stereocenters. The van der Waals surface area contributed by atoms with Crippen molar-refractivity contribution < 1.29 is 35.9 Å². The number of thiazole rings is 1. The van der Waals surface area contributed by atoms with Crippen LogP contribution in [0.5, 0.6) is 11.5 Å². The van der Waals surface area contributed by atoms with Gasteiger partial charge in [-0.15, -0.1) is 16.2 Å². The summed E-state index contributed by atoms with van der Waals surface area (Å²) in [6.07, 6.45) is -4.68. The summed E-state index contributed by atoms with van der Waals surface area (Å²) in [4.78, 5) is 17.8. The monoisotopic (exact) mass is 491 g/mol. The molecule has 0 aliphatic heterocycles. The minimum Gasteiger partial charge on any atom is -0.493 e. The van der Waals surface area contributed by atoms with Crippen molar-refractivity contribution in [1.82, 2.24) is 25.0 Å². The van der Waals surface area contributed by atoms with E-state index in [1.165, 1.54) is 44.7 Å². The fraction of sp³-hybridized carbons (Fsp3) is 0.235. The molecule has 0 bridgehead atoms. The van der Waals surface area contributed by atoms with E-state index in [2.05, 4.69) is 10.1 Å². The predicted molar refractivity (Wildman–Crippen MR) is 106 cm³/mol. The molecule has 15 heteroatoms. The topological polar surface area (TPSA) is 124 Å². The smallest absolute Gasteiger partial charge is 0.433 e. The highest BCUT2D eigenvalue weighted by atomic mass is 32.2. The number of hydrazine groups is 1. The molecule has 1 amide bonds. The standard InChI is InChI=1S/C17H16F3N5O5S2/c1-9-6-14(17(18,19)20)25(23-9)16-21-11(8-31-16)15(26)22-24-32(27,28)10-4-5-12(29-2)13(7-10)30-3/h4-8,24H,1-3H3,(H,22,26). The Morgan fingerprint density at radius 3 is 2.47 bits per heavy atom. The number of carbonyl (C=O) groups excluding carboxylic acids is 1. The minimum atomic E-state index is -4.68. The minimum absolute atomic E-state index is 0.112. The number of alkyl halides is 3. The summed E-state index contributed by atoms with van der Waals surface area (Å²) in [6.45, 7) is 1.38. The van der Waals surface area contributed by atoms with Crippen molar-refractivity contribution in [2.75, 3.05) is 14.2 Å². The highest BCUT2D eigenvalue weighted by molar-refractivity contribution is 7.89. The SMILES string of the molecule is COc1ccc(S(=O)(=O)NNC(=O)c2csc(-n3nc(C)cc3C(F)(F)F)n2)cc1OC. The summed E-state index contributed by atoms with van der Waals surface area (Å²) in [6, 6.07) is 4.63. The van der Waals surface area contributed by atoms with E-state index in [9.17, 15) is 26.4 Å². The number of hydrogen-bond donors (Lipinski definition) is 2. The lowest BCUT2D eigenvalue weighted by Gasteiger charge is -2.11. The number of halogens is 3. The van der Waals surface area contributed by atoms with Gasteiger partial charge in [-0.1, -0.05) is 0 Å². The number of rotatable bonds is 7. The van der Waals surface area contributed by atoms with Gasteiger partial charge in [0, 0.05) is 11.4 Å². The van der Waals surface area contributed by atoms with Crippen LogP contribution in [0, 0.1) is 6.92 Å². The lowest BCUT2D eigenvalue weighted by Crippen LogP contribution is -2.41. The molecule has 2 aromatic heterocycles. The van der Waals surface area contributed by atoms with Crippen LogP contribution in [0.1, 0.15) is 21.9 Å². The number of carbonyl (C=O) groups is 1. The zero-order valence-corrected chi connectivity index (χ0v) is 18.4. The average Bonchev–Trinajstić information content (AvgIpc) is 3.38. The zero-order chi connectivity index (χ0) is 23.7. The largest absolute Gasteiger partial charge is 0.493 e. The summed E-state index contributed by atoms with van der Waals surface area (Å²) < 4.78 is 75.0. The Balaban J connectivity index is 1.76. The van der Waals surface area contributed by atoms with Gasteiger partial charge in [-0.25, -0.2) is 18.1 Å². The van der Waals surface area contributed by atoms with Crippen molar-refractivity contribution in [3.05, 3.63) is 46.7 Å². The zero-order valence-electron chi connectivity index (χ0n) is 16.7. The van der Waals surface area contributed by atoms with E-state index in [0.29, 0.717) is 10.4 Å². The molecule has 0 saturated carbocycles. The second-order valence-electron chi connectivity index (χ2n) is 6.17. The van der Waals surface area contributed by atoms with Crippen LogP contribution in [0.25, 0.3) is 5.13 Å². The van der Waals surface area contributed by atoms with Crippen molar-refractivity contribution in [3.63, 3.8) is 0 Å². The number of amides is 1. The molecular weight excluding hydrogens is 475 g/mol. The number of aromatic nitrogens is 3. The molecule has 0 spiro atoms. The molecule has 172 valence electrons. The normalized spacial score (nSPS) is 11.9. The van der Waals surface area contributed by atoms with Crippen molar-refractivity contribution in [2.45, 2.75) is 18.0 Å².